The highest BCUT2D eigenvalue weighted by molar-refractivity contribution is 5.97. The quantitative estimate of drug-likeness (QED) is 0.907. The molecule has 7 heteroatoms. The zero-order chi connectivity index (χ0) is 17.3. The predicted molar refractivity (Wildman–Crippen MR) is 84.0 cm³/mol. The van der Waals surface area contributed by atoms with Gasteiger partial charge in [0.2, 0.25) is 0 Å². The lowest BCUT2D eigenvalue weighted by molar-refractivity contribution is -0.143. The van der Waals surface area contributed by atoms with Crippen molar-refractivity contribution in [3.8, 4) is 0 Å². The maximum atomic E-state index is 14.0. The van der Waals surface area contributed by atoms with Crippen molar-refractivity contribution in [2.75, 3.05) is 26.2 Å². The highest BCUT2D eigenvalue weighted by Crippen LogP contribution is 2.38. The lowest BCUT2D eigenvalue weighted by Crippen LogP contribution is -2.58. The van der Waals surface area contributed by atoms with E-state index in [0.717, 1.165) is 6.54 Å². The molecular weight excluding hydrogens is 315 g/mol. The molecule has 3 rings (SSSR count). The molecule has 1 atom stereocenters. The van der Waals surface area contributed by atoms with E-state index >= 15 is 0 Å². The number of halogens is 1. The van der Waals surface area contributed by atoms with Gasteiger partial charge in [0, 0.05) is 25.9 Å². The molecule has 2 saturated heterocycles. The summed E-state index contributed by atoms with van der Waals surface area (Å²) in [6.45, 7) is 4.30. The Morgan fingerprint density at radius 2 is 2.00 bits per heavy atom. The van der Waals surface area contributed by atoms with Gasteiger partial charge in [-0.3, -0.25) is 9.69 Å². The lowest BCUT2D eigenvalue weighted by Gasteiger charge is -2.44. The van der Waals surface area contributed by atoms with E-state index in [4.69, 9.17) is 4.74 Å². The third-order valence-electron chi connectivity index (χ3n) is 4.95. The normalized spacial score (nSPS) is 23.6. The van der Waals surface area contributed by atoms with Crippen LogP contribution in [0.25, 0.3) is 0 Å². The number of piperidine rings is 1. The minimum absolute atomic E-state index is 0.0678. The monoisotopic (exact) mass is 336 g/mol. The van der Waals surface area contributed by atoms with Gasteiger partial charge < -0.3 is 14.7 Å². The van der Waals surface area contributed by atoms with Crippen LogP contribution in [-0.2, 0) is 9.53 Å². The molecule has 1 aromatic carbocycles. The van der Waals surface area contributed by atoms with Gasteiger partial charge in [-0.2, -0.15) is 0 Å². The summed E-state index contributed by atoms with van der Waals surface area (Å²) in [5.41, 5.74) is -1.08. The van der Waals surface area contributed by atoms with Crippen LogP contribution in [0.1, 0.15) is 30.1 Å². The summed E-state index contributed by atoms with van der Waals surface area (Å²) in [7, 11) is 0. The molecule has 0 aliphatic carbocycles. The first-order valence-electron chi connectivity index (χ1n) is 8.16. The molecule has 0 aromatic heterocycles. The molecule has 0 radical (unpaired) electrons. The van der Waals surface area contributed by atoms with Gasteiger partial charge >= 0.3 is 5.97 Å². The molecule has 130 valence electrons. The number of nitrogens with zero attached hydrogens (tertiary/aromatic N) is 2. The summed E-state index contributed by atoms with van der Waals surface area (Å²) in [4.78, 5) is 28.0. The molecule has 2 fully saturated rings. The topological polar surface area (TPSA) is 70.1 Å². The number of amides is 1. The standard InChI is InChI=1S/C17H21FN2O4/c1-2-19-9-7-17(8-10-19)20(14(11-24-17)16(22)23)15(21)12-5-3-4-6-13(12)18/h3-6,14H,2,7-11H2,1H3,(H,22,23)/t14-/m1/s1. The number of carbonyl (C=O) groups is 2. The number of aliphatic carboxylic acids is 1. The number of carboxylic acid groups (broad SMARTS) is 1. The minimum Gasteiger partial charge on any atom is -0.480 e. The SMILES string of the molecule is CCN1CCC2(CC1)OC[C@H](C(=O)O)N2C(=O)c1ccccc1F. The smallest absolute Gasteiger partial charge is 0.328 e. The van der Waals surface area contributed by atoms with Crippen molar-refractivity contribution in [3.63, 3.8) is 0 Å². The van der Waals surface area contributed by atoms with Crippen molar-refractivity contribution in [2.24, 2.45) is 0 Å². The molecule has 0 saturated carbocycles. The summed E-state index contributed by atoms with van der Waals surface area (Å²) in [6.07, 6.45) is 1.04. The van der Waals surface area contributed by atoms with Gasteiger partial charge in [-0.1, -0.05) is 19.1 Å². The summed E-state index contributed by atoms with van der Waals surface area (Å²) in [5, 5.41) is 9.48. The van der Waals surface area contributed by atoms with Crippen LogP contribution in [0.4, 0.5) is 4.39 Å². The number of likely N-dealkylation sites (tertiary alicyclic amines) is 1. The fourth-order valence-corrected chi connectivity index (χ4v) is 3.54. The number of carbonyl (C=O) groups excluding carboxylic acids is 1. The van der Waals surface area contributed by atoms with E-state index < -0.39 is 29.5 Å². The van der Waals surface area contributed by atoms with Crippen LogP contribution in [-0.4, -0.2) is 64.8 Å². The van der Waals surface area contributed by atoms with E-state index in [1.807, 2.05) is 0 Å². The van der Waals surface area contributed by atoms with Crippen molar-refractivity contribution in [1.29, 1.82) is 0 Å². The molecule has 2 aliphatic heterocycles. The molecule has 2 aliphatic rings. The van der Waals surface area contributed by atoms with E-state index in [9.17, 15) is 19.1 Å². The highest BCUT2D eigenvalue weighted by atomic mass is 19.1. The summed E-state index contributed by atoms with van der Waals surface area (Å²) >= 11 is 0. The largest absolute Gasteiger partial charge is 0.480 e. The number of rotatable bonds is 3. The molecule has 0 bridgehead atoms. The number of benzene rings is 1. The summed E-state index contributed by atoms with van der Waals surface area (Å²) < 4.78 is 19.9. The van der Waals surface area contributed by atoms with Crippen LogP contribution in [0.5, 0.6) is 0 Å². The molecule has 6 nitrogen and oxygen atoms in total. The Kier molecular flexibility index (Phi) is 4.56. The zero-order valence-electron chi connectivity index (χ0n) is 13.6. The Labute approximate surface area is 139 Å². The van der Waals surface area contributed by atoms with E-state index in [2.05, 4.69) is 11.8 Å². The molecule has 1 aromatic rings. The maximum absolute atomic E-state index is 14.0. The van der Waals surface area contributed by atoms with E-state index in [-0.39, 0.29) is 12.2 Å². The Morgan fingerprint density at radius 3 is 2.58 bits per heavy atom. The van der Waals surface area contributed by atoms with Gasteiger partial charge in [0.05, 0.1) is 12.2 Å². The molecule has 0 unspecified atom stereocenters. The van der Waals surface area contributed by atoms with Gasteiger partial charge in [-0.15, -0.1) is 0 Å². The Hall–Kier alpha value is -1.99. The van der Waals surface area contributed by atoms with Gasteiger partial charge in [-0.25, -0.2) is 9.18 Å². The number of hydrogen-bond acceptors (Lipinski definition) is 4. The molecule has 1 amide bonds. The van der Waals surface area contributed by atoms with Gasteiger partial charge in [0.15, 0.2) is 6.04 Å². The van der Waals surface area contributed by atoms with E-state index in [0.29, 0.717) is 25.9 Å². The fraction of sp³-hybridized carbons (Fsp3) is 0.529. The average molecular weight is 336 g/mol. The highest BCUT2D eigenvalue weighted by Gasteiger charge is 2.54. The fourth-order valence-electron chi connectivity index (χ4n) is 3.54. The van der Waals surface area contributed by atoms with Gasteiger partial charge in [0.25, 0.3) is 5.91 Å². The van der Waals surface area contributed by atoms with Crippen molar-refractivity contribution < 1.29 is 23.8 Å². The maximum Gasteiger partial charge on any atom is 0.328 e. The zero-order valence-corrected chi connectivity index (χ0v) is 13.6. The van der Waals surface area contributed by atoms with Crippen molar-refractivity contribution in [2.45, 2.75) is 31.5 Å². The van der Waals surface area contributed by atoms with Crippen molar-refractivity contribution >= 4 is 11.9 Å². The van der Waals surface area contributed by atoms with E-state index in [1.165, 1.54) is 23.1 Å². The second-order valence-corrected chi connectivity index (χ2v) is 6.20. The molecule has 1 spiro atoms. The second-order valence-electron chi connectivity index (χ2n) is 6.20. The Bertz CT molecular complexity index is 643. The van der Waals surface area contributed by atoms with Crippen LogP contribution in [0.2, 0.25) is 0 Å². The average Bonchev–Trinajstić information content (AvgIpc) is 2.94. The van der Waals surface area contributed by atoms with Crippen molar-refractivity contribution in [3.05, 3.63) is 35.6 Å². The first-order valence-corrected chi connectivity index (χ1v) is 8.16. The molecular formula is C17H21FN2O4. The summed E-state index contributed by atoms with van der Waals surface area (Å²) in [5.74, 6) is -2.41. The lowest BCUT2D eigenvalue weighted by atomic mass is 9.96. The van der Waals surface area contributed by atoms with Gasteiger partial charge in [0.1, 0.15) is 11.5 Å². The third kappa shape index (κ3) is 2.78. The Morgan fingerprint density at radius 1 is 1.33 bits per heavy atom. The number of hydrogen-bond donors (Lipinski definition) is 1. The van der Waals surface area contributed by atoms with Crippen molar-refractivity contribution in [1.82, 2.24) is 9.80 Å². The van der Waals surface area contributed by atoms with Crippen LogP contribution in [0.15, 0.2) is 24.3 Å². The molecule has 2 heterocycles. The minimum atomic E-state index is -1.13. The summed E-state index contributed by atoms with van der Waals surface area (Å²) in [6, 6.07) is 4.55. The number of ether oxygens (including phenoxy) is 1. The third-order valence-corrected chi connectivity index (χ3v) is 4.95. The molecule has 1 N–H and O–H groups in total. The van der Waals surface area contributed by atoms with Crippen LogP contribution >= 0.6 is 0 Å². The van der Waals surface area contributed by atoms with Crippen LogP contribution < -0.4 is 0 Å². The van der Waals surface area contributed by atoms with Crippen LogP contribution in [0.3, 0.4) is 0 Å². The predicted octanol–water partition coefficient (Wildman–Crippen LogP) is 1.56. The number of carboxylic acids is 1. The first-order chi connectivity index (χ1) is 11.5. The Balaban J connectivity index is 1.94. The van der Waals surface area contributed by atoms with E-state index in [1.54, 1.807) is 6.07 Å². The van der Waals surface area contributed by atoms with Gasteiger partial charge in [-0.05, 0) is 18.7 Å². The second kappa shape index (κ2) is 6.49. The molecule has 24 heavy (non-hydrogen) atoms. The first kappa shape index (κ1) is 16.9. The van der Waals surface area contributed by atoms with Crippen LogP contribution in [0, 0.1) is 5.82 Å².